The molecule has 0 aromatic rings. The van der Waals surface area contributed by atoms with Gasteiger partial charge < -0.3 is 73.8 Å². The van der Waals surface area contributed by atoms with Gasteiger partial charge in [-0.3, -0.25) is 4.79 Å². The Morgan fingerprint density at radius 1 is 1.18 bits per heavy atom. The standard InChI is InChI=1S/C12H22N2O3S2.Au.2BrH/c1-11(2,3)17-9(16)12(4,5)13-8(15)7-14(6)10(18)19;;;/h7H2,1-6H3,(H,13,15)(H,18,19);;2*1H/q;+3;;/p-3. The van der Waals surface area contributed by atoms with Gasteiger partial charge in [-0.1, -0.05) is 4.32 Å². The fraction of sp³-hybridized carbons (Fsp3) is 0.750. The van der Waals surface area contributed by atoms with Crippen LogP contribution in [0.5, 0.6) is 0 Å². The van der Waals surface area contributed by atoms with Crippen LogP contribution in [0.25, 0.3) is 0 Å². The van der Waals surface area contributed by atoms with Crippen LogP contribution in [0.15, 0.2) is 0 Å². The van der Waals surface area contributed by atoms with Gasteiger partial charge in [-0.05, 0) is 34.6 Å². The van der Waals surface area contributed by atoms with Crippen LogP contribution >= 0.6 is 12.2 Å². The molecule has 0 spiro atoms. The van der Waals surface area contributed by atoms with E-state index in [1.54, 1.807) is 41.7 Å². The van der Waals surface area contributed by atoms with Crippen LogP contribution in [0.3, 0.4) is 0 Å². The van der Waals surface area contributed by atoms with Gasteiger partial charge in [-0.2, -0.15) is 0 Å². The minimum Gasteiger partial charge on any atom is -1.00 e. The minimum atomic E-state index is -1.10. The zero-order valence-electron chi connectivity index (χ0n) is 13.3. The first-order valence-electron chi connectivity index (χ1n) is 5.82. The topological polar surface area (TPSA) is 58.6 Å². The summed E-state index contributed by atoms with van der Waals surface area (Å²) in [6.45, 7) is 8.50. The summed E-state index contributed by atoms with van der Waals surface area (Å²) in [6, 6.07) is 0. The van der Waals surface area contributed by atoms with Crippen molar-refractivity contribution in [2.45, 2.75) is 45.8 Å². The average Bonchev–Trinajstić information content (AvgIpc) is 2.13. The number of amides is 1. The number of carbonyl (C=O) groups excluding carboxylic acids is 2. The summed E-state index contributed by atoms with van der Waals surface area (Å²) in [6.07, 6.45) is 0. The number of hydrogen-bond donors (Lipinski definition) is 1. The Morgan fingerprint density at radius 2 is 1.59 bits per heavy atom. The molecule has 134 valence electrons. The van der Waals surface area contributed by atoms with E-state index in [1.165, 1.54) is 4.90 Å². The van der Waals surface area contributed by atoms with Crippen molar-refractivity contribution in [2.24, 2.45) is 0 Å². The predicted octanol–water partition coefficient (Wildman–Crippen LogP) is -5.01. The second kappa shape index (κ2) is 12.2. The zero-order chi connectivity index (χ0) is 15.4. The molecule has 0 aromatic heterocycles. The quantitative estimate of drug-likeness (QED) is 0.141. The molecular weight excluding hydrogens is 641 g/mol. The Hall–Kier alpha value is 0.750. The van der Waals surface area contributed by atoms with E-state index >= 15 is 0 Å². The summed E-state index contributed by atoms with van der Waals surface area (Å²) in [5.74, 6) is -0.831. The predicted molar refractivity (Wildman–Crippen MR) is 80.7 cm³/mol. The van der Waals surface area contributed by atoms with E-state index in [2.05, 4.69) is 5.32 Å². The summed E-state index contributed by atoms with van der Waals surface area (Å²) in [5, 5.41) is 2.60. The van der Waals surface area contributed by atoms with Crippen molar-refractivity contribution in [3.05, 3.63) is 0 Å². The van der Waals surface area contributed by atoms with E-state index in [0.29, 0.717) is 0 Å². The van der Waals surface area contributed by atoms with E-state index in [1.807, 2.05) is 0 Å². The molecule has 0 unspecified atom stereocenters. The molecule has 22 heavy (non-hydrogen) atoms. The third kappa shape index (κ3) is 13.2. The Labute approximate surface area is 180 Å². The summed E-state index contributed by atoms with van der Waals surface area (Å²) in [4.78, 5) is 25.2. The number of ether oxygens (including phenoxy) is 1. The second-order valence-corrected chi connectivity index (χ2v) is 6.83. The maximum absolute atomic E-state index is 11.9. The molecule has 0 saturated heterocycles. The number of halogens is 2. The first-order valence-corrected chi connectivity index (χ1v) is 6.63. The number of thiocarbonyl (C=S) groups is 1. The van der Waals surface area contributed by atoms with Crippen molar-refractivity contribution in [3.8, 4) is 0 Å². The fourth-order valence-corrected chi connectivity index (χ4v) is 1.25. The van der Waals surface area contributed by atoms with Gasteiger partial charge in [0.25, 0.3) is 0 Å². The van der Waals surface area contributed by atoms with Gasteiger partial charge in [-0.15, -0.1) is 0 Å². The number of nitrogens with zero attached hydrogens (tertiary/aromatic N) is 1. The average molecular weight is 662 g/mol. The summed E-state index contributed by atoms with van der Waals surface area (Å²) in [5.41, 5.74) is -1.70. The smallest absolute Gasteiger partial charge is 1.00 e. The number of hydrogen-bond acceptors (Lipinski definition) is 5. The minimum absolute atomic E-state index is 0. The van der Waals surface area contributed by atoms with Crippen LogP contribution in [-0.4, -0.2) is 45.8 Å². The van der Waals surface area contributed by atoms with Gasteiger partial charge in [0.05, 0.1) is 6.54 Å². The van der Waals surface area contributed by atoms with Gasteiger partial charge in [-0.25, -0.2) is 4.79 Å². The molecule has 0 aliphatic heterocycles. The van der Waals surface area contributed by atoms with Gasteiger partial charge in [0.15, 0.2) is 0 Å². The first kappa shape index (κ1) is 30.6. The molecule has 0 aromatic carbocycles. The molecule has 10 heteroatoms. The summed E-state index contributed by atoms with van der Waals surface area (Å²) in [7, 11) is 1.62. The Morgan fingerprint density at radius 3 is 1.91 bits per heavy atom. The summed E-state index contributed by atoms with van der Waals surface area (Å²) < 4.78 is 5.44. The fourth-order valence-electron chi connectivity index (χ4n) is 1.12. The van der Waals surface area contributed by atoms with Crippen molar-refractivity contribution in [2.75, 3.05) is 13.6 Å². The van der Waals surface area contributed by atoms with Crippen LogP contribution in [0.1, 0.15) is 34.6 Å². The molecule has 0 aliphatic carbocycles. The molecule has 0 saturated carbocycles. The van der Waals surface area contributed by atoms with Crippen molar-refractivity contribution in [1.82, 2.24) is 10.2 Å². The van der Waals surface area contributed by atoms with E-state index in [9.17, 15) is 9.59 Å². The number of carbonyl (C=O) groups is 2. The van der Waals surface area contributed by atoms with Crippen LogP contribution in [-0.2, 0) is 49.3 Å². The van der Waals surface area contributed by atoms with Gasteiger partial charge >= 0.3 is 28.3 Å². The van der Waals surface area contributed by atoms with Crippen LogP contribution < -0.4 is 39.3 Å². The van der Waals surface area contributed by atoms with E-state index in [-0.39, 0.29) is 73.1 Å². The number of likely N-dealkylation sites (N-methyl/N-ethyl adjacent to an activating group) is 1. The maximum atomic E-state index is 11.9. The van der Waals surface area contributed by atoms with Crippen LogP contribution in [0.2, 0.25) is 0 Å². The zero-order valence-corrected chi connectivity index (χ0v) is 20.2. The van der Waals surface area contributed by atoms with Gasteiger partial charge in [0.2, 0.25) is 5.91 Å². The molecule has 0 atom stereocenters. The monoisotopic (exact) mass is 660 g/mol. The van der Waals surface area contributed by atoms with Crippen molar-refractivity contribution >= 4 is 41.0 Å². The SMILES string of the molecule is CN(CC(=O)NC(C)(C)C(=O)OC(C)(C)C)C(=S)[S-].[Au+3].[Br-].[Br-]. The molecule has 5 nitrogen and oxygen atoms in total. The van der Waals surface area contributed by atoms with E-state index in [0.717, 1.165) is 0 Å². The largest absolute Gasteiger partial charge is 3.00 e. The molecular formula is C12H21AuBr2N2O3S2. The molecule has 1 amide bonds. The molecule has 0 radical (unpaired) electrons. The molecule has 0 rings (SSSR count). The molecule has 0 bridgehead atoms. The number of esters is 1. The normalized spacial score (nSPS) is 10.1. The Balaban J connectivity index is -0.000000540. The third-order valence-corrected chi connectivity index (χ3v) is 2.68. The van der Waals surface area contributed by atoms with E-state index in [4.69, 9.17) is 29.6 Å². The van der Waals surface area contributed by atoms with E-state index < -0.39 is 17.1 Å². The first-order chi connectivity index (χ1) is 8.35. The summed E-state index contributed by atoms with van der Waals surface area (Å²) >= 11 is 9.54. The Bertz CT molecular complexity index is 391. The third-order valence-electron chi connectivity index (χ3n) is 2.05. The number of rotatable bonds is 4. The van der Waals surface area contributed by atoms with Gasteiger partial charge in [0.1, 0.15) is 11.1 Å². The maximum Gasteiger partial charge on any atom is 3.00 e. The van der Waals surface area contributed by atoms with Crippen LogP contribution in [0, 0.1) is 0 Å². The van der Waals surface area contributed by atoms with Gasteiger partial charge in [0, 0.05) is 7.05 Å². The van der Waals surface area contributed by atoms with Crippen molar-refractivity contribution in [1.29, 1.82) is 0 Å². The molecule has 0 heterocycles. The molecule has 0 fully saturated rings. The number of nitrogens with one attached hydrogen (secondary N) is 1. The molecule has 0 aliphatic rings. The van der Waals surface area contributed by atoms with Crippen molar-refractivity contribution < 1.29 is 70.7 Å². The Kier molecular flexibility index (Phi) is 16.9. The van der Waals surface area contributed by atoms with Crippen molar-refractivity contribution in [3.63, 3.8) is 0 Å². The molecule has 1 N–H and O–H groups in total. The van der Waals surface area contributed by atoms with Crippen LogP contribution in [0.4, 0.5) is 0 Å². The second-order valence-electron chi connectivity index (χ2n) is 5.80.